The van der Waals surface area contributed by atoms with Crippen LogP contribution in [0.4, 0.5) is 5.82 Å². The fraction of sp³-hybridized carbons (Fsp3) is 0.333. The smallest absolute Gasteiger partial charge is 0.241 e. The van der Waals surface area contributed by atoms with Gasteiger partial charge in [0.1, 0.15) is 6.54 Å². The minimum atomic E-state index is -3.41. The number of carbonyl (C=O) groups excluding carboxylic acids is 1. The number of anilines is 1. The van der Waals surface area contributed by atoms with E-state index in [0.29, 0.717) is 13.0 Å². The molecule has 2 aromatic rings. The largest absolute Gasteiger partial charge is 0.354 e. The van der Waals surface area contributed by atoms with E-state index < -0.39 is 10.0 Å². The van der Waals surface area contributed by atoms with Crippen LogP contribution in [0.5, 0.6) is 0 Å². The van der Waals surface area contributed by atoms with Crippen LogP contribution in [0.2, 0.25) is 0 Å². The molecule has 2 N–H and O–H groups in total. The Morgan fingerprint density at radius 2 is 2.18 bits per heavy atom. The third-order valence-corrected chi connectivity index (χ3v) is 3.14. The number of amides is 1. The molecule has 0 aliphatic heterocycles. The lowest BCUT2D eigenvalue weighted by atomic mass is 10.3. The first-order valence-corrected chi connectivity index (χ1v) is 8.36. The van der Waals surface area contributed by atoms with Gasteiger partial charge in [0.15, 0.2) is 5.82 Å². The monoisotopic (exact) mass is 324 g/mol. The van der Waals surface area contributed by atoms with Crippen molar-refractivity contribution >= 4 is 21.7 Å². The molecule has 1 amide bonds. The topological polar surface area (TPSA) is 119 Å². The van der Waals surface area contributed by atoms with Gasteiger partial charge in [-0.2, -0.15) is 0 Å². The number of nitrogens with zero attached hydrogens (tertiary/aromatic N) is 4. The summed E-state index contributed by atoms with van der Waals surface area (Å²) in [7, 11) is -3.41. The van der Waals surface area contributed by atoms with Crippen molar-refractivity contribution in [2.75, 3.05) is 17.5 Å². The van der Waals surface area contributed by atoms with E-state index in [2.05, 4.69) is 25.3 Å². The Hall–Kier alpha value is -2.49. The Kier molecular flexibility index (Phi) is 5.04. The van der Waals surface area contributed by atoms with Gasteiger partial charge in [-0.25, -0.2) is 13.1 Å². The van der Waals surface area contributed by atoms with Crippen molar-refractivity contribution in [3.63, 3.8) is 0 Å². The molecule has 0 aliphatic rings. The van der Waals surface area contributed by atoms with Gasteiger partial charge in [-0.1, -0.05) is 11.3 Å². The van der Waals surface area contributed by atoms with Crippen molar-refractivity contribution in [2.24, 2.45) is 0 Å². The summed E-state index contributed by atoms with van der Waals surface area (Å²) in [6.45, 7) is 0.416. The zero-order valence-electron chi connectivity index (χ0n) is 11.9. The van der Waals surface area contributed by atoms with Gasteiger partial charge in [-0.05, 0) is 12.1 Å². The number of nitrogens with one attached hydrogen (secondary N) is 2. The molecule has 2 aromatic heterocycles. The predicted octanol–water partition coefficient (Wildman–Crippen LogP) is -0.596. The maximum atomic E-state index is 11.7. The molecule has 22 heavy (non-hydrogen) atoms. The van der Waals surface area contributed by atoms with Gasteiger partial charge >= 0.3 is 0 Å². The molecule has 0 unspecified atom stereocenters. The van der Waals surface area contributed by atoms with Crippen LogP contribution in [0, 0.1) is 0 Å². The minimum absolute atomic E-state index is 0.0410. The van der Waals surface area contributed by atoms with Crippen LogP contribution in [0.15, 0.2) is 30.6 Å². The number of sulfonamides is 1. The van der Waals surface area contributed by atoms with Crippen molar-refractivity contribution in [1.29, 1.82) is 0 Å². The van der Waals surface area contributed by atoms with Gasteiger partial charge < -0.3 is 5.32 Å². The molecule has 118 valence electrons. The van der Waals surface area contributed by atoms with Crippen molar-refractivity contribution in [2.45, 2.75) is 13.0 Å². The molecule has 0 radical (unpaired) electrons. The number of aromatic nitrogens is 4. The van der Waals surface area contributed by atoms with Crippen LogP contribution in [0.1, 0.15) is 5.69 Å². The molecule has 2 heterocycles. The number of hydrogen-bond donors (Lipinski definition) is 2. The summed E-state index contributed by atoms with van der Waals surface area (Å²) in [5.41, 5.74) is 0.892. The van der Waals surface area contributed by atoms with Crippen LogP contribution in [-0.2, 0) is 27.8 Å². The summed E-state index contributed by atoms with van der Waals surface area (Å²) in [6, 6.07) is 5.59. The summed E-state index contributed by atoms with van der Waals surface area (Å²) >= 11 is 0. The first-order valence-electron chi connectivity index (χ1n) is 6.47. The average Bonchev–Trinajstić information content (AvgIpc) is 2.84. The standard InChI is InChI=1S/C12H16N6O3S/c1-22(20,21)16-11-8-18(17-15-11)9-12(19)14-7-5-10-4-2-3-6-13-10/h2-4,6,8,16H,5,7,9H2,1H3,(H,14,19). The van der Waals surface area contributed by atoms with Gasteiger partial charge in [-0.15, -0.1) is 5.10 Å². The van der Waals surface area contributed by atoms with Crippen molar-refractivity contribution < 1.29 is 13.2 Å². The molecule has 9 nitrogen and oxygen atoms in total. The van der Waals surface area contributed by atoms with E-state index in [0.717, 1.165) is 11.9 Å². The van der Waals surface area contributed by atoms with Crippen LogP contribution < -0.4 is 10.0 Å². The SMILES string of the molecule is CS(=O)(=O)Nc1cn(CC(=O)NCCc2ccccn2)nn1. The summed E-state index contributed by atoms with van der Waals surface area (Å²) in [4.78, 5) is 15.9. The Balaban J connectivity index is 1.77. The molecule has 0 saturated heterocycles. The van der Waals surface area contributed by atoms with E-state index >= 15 is 0 Å². The Morgan fingerprint density at radius 1 is 1.36 bits per heavy atom. The molecule has 10 heteroatoms. The van der Waals surface area contributed by atoms with Gasteiger partial charge in [0.05, 0.1) is 12.5 Å². The highest BCUT2D eigenvalue weighted by Gasteiger charge is 2.08. The van der Waals surface area contributed by atoms with E-state index in [4.69, 9.17) is 0 Å². The second-order valence-corrected chi connectivity index (χ2v) is 6.35. The molecule has 2 rings (SSSR count). The van der Waals surface area contributed by atoms with E-state index in [-0.39, 0.29) is 18.3 Å². The maximum Gasteiger partial charge on any atom is 0.241 e. The van der Waals surface area contributed by atoms with Gasteiger partial charge in [0.2, 0.25) is 15.9 Å². The minimum Gasteiger partial charge on any atom is -0.354 e. The molecule has 0 aliphatic carbocycles. The molecule has 0 atom stereocenters. The van der Waals surface area contributed by atoms with Gasteiger partial charge in [0, 0.05) is 24.9 Å². The normalized spacial score (nSPS) is 11.1. The molecule has 0 spiro atoms. The highest BCUT2D eigenvalue weighted by molar-refractivity contribution is 7.92. The highest BCUT2D eigenvalue weighted by atomic mass is 32.2. The fourth-order valence-corrected chi connectivity index (χ4v) is 2.16. The third-order valence-electron chi connectivity index (χ3n) is 2.56. The first kappa shape index (κ1) is 15.9. The molecule has 0 fully saturated rings. The van der Waals surface area contributed by atoms with Crippen molar-refractivity contribution in [1.82, 2.24) is 25.3 Å². The number of rotatable bonds is 7. The molecule has 0 bridgehead atoms. The zero-order chi connectivity index (χ0) is 16.0. The Morgan fingerprint density at radius 3 is 2.86 bits per heavy atom. The third kappa shape index (κ3) is 5.48. The van der Waals surface area contributed by atoms with E-state index in [1.807, 2.05) is 18.2 Å². The van der Waals surface area contributed by atoms with Crippen molar-refractivity contribution in [3.8, 4) is 0 Å². The van der Waals surface area contributed by atoms with Gasteiger partial charge in [-0.3, -0.25) is 14.5 Å². The summed E-state index contributed by atoms with van der Waals surface area (Å²) in [5.74, 6) is -0.171. The lowest BCUT2D eigenvalue weighted by Crippen LogP contribution is -2.29. The van der Waals surface area contributed by atoms with Crippen LogP contribution >= 0.6 is 0 Å². The fourth-order valence-electron chi connectivity index (χ4n) is 1.69. The van der Waals surface area contributed by atoms with E-state index in [1.54, 1.807) is 6.20 Å². The van der Waals surface area contributed by atoms with Crippen LogP contribution in [0.3, 0.4) is 0 Å². The molecular formula is C12H16N6O3S. The predicted molar refractivity (Wildman–Crippen MR) is 79.4 cm³/mol. The Labute approximate surface area is 127 Å². The number of carbonyl (C=O) groups is 1. The van der Waals surface area contributed by atoms with Crippen molar-refractivity contribution in [3.05, 3.63) is 36.3 Å². The molecular weight excluding hydrogens is 308 g/mol. The summed E-state index contributed by atoms with van der Waals surface area (Å²) < 4.78 is 25.5. The number of pyridine rings is 1. The highest BCUT2D eigenvalue weighted by Crippen LogP contribution is 2.01. The lowest BCUT2D eigenvalue weighted by Gasteiger charge is -2.04. The van der Waals surface area contributed by atoms with Crippen LogP contribution in [0.25, 0.3) is 0 Å². The Bertz CT molecular complexity index is 728. The van der Waals surface area contributed by atoms with E-state index in [1.165, 1.54) is 10.9 Å². The zero-order valence-corrected chi connectivity index (χ0v) is 12.7. The first-order chi connectivity index (χ1) is 10.4. The second-order valence-electron chi connectivity index (χ2n) is 4.60. The molecule has 0 saturated carbocycles. The quantitative estimate of drug-likeness (QED) is 0.702. The van der Waals surface area contributed by atoms with E-state index in [9.17, 15) is 13.2 Å². The van der Waals surface area contributed by atoms with Crippen LogP contribution in [-0.4, -0.2) is 47.1 Å². The average molecular weight is 324 g/mol. The maximum absolute atomic E-state index is 11.7. The summed E-state index contributed by atoms with van der Waals surface area (Å²) in [6.07, 6.45) is 4.68. The molecule has 0 aromatic carbocycles. The lowest BCUT2D eigenvalue weighted by molar-refractivity contribution is -0.121. The van der Waals surface area contributed by atoms with Gasteiger partial charge in [0.25, 0.3) is 0 Å². The summed E-state index contributed by atoms with van der Waals surface area (Å²) in [5, 5.41) is 10.0. The number of hydrogen-bond acceptors (Lipinski definition) is 6. The second kappa shape index (κ2) is 6.98.